The van der Waals surface area contributed by atoms with Crippen molar-refractivity contribution in [1.82, 2.24) is 19.3 Å². The van der Waals surface area contributed by atoms with E-state index in [0.29, 0.717) is 6.54 Å². The molecule has 0 aliphatic rings. The van der Waals surface area contributed by atoms with Gasteiger partial charge >= 0.3 is 0 Å². The molecular weight excluding hydrogens is 399 g/mol. The second kappa shape index (κ2) is 5.76. The minimum Gasteiger partial charge on any atom is -0.292 e. The number of aryl methyl sites for hydroxylation is 2. The quantitative estimate of drug-likeness (QED) is 0.731. The Labute approximate surface area is 131 Å². The van der Waals surface area contributed by atoms with Gasteiger partial charge in [-0.25, -0.2) is 4.98 Å². The van der Waals surface area contributed by atoms with Crippen LogP contribution in [-0.2, 0) is 13.1 Å². The lowest BCUT2D eigenvalue weighted by molar-refractivity contribution is 0.586. The van der Waals surface area contributed by atoms with E-state index in [2.05, 4.69) is 41.9 Å². The van der Waals surface area contributed by atoms with Gasteiger partial charge in [0.15, 0.2) is 5.15 Å². The molecule has 19 heavy (non-hydrogen) atoms. The molecule has 0 atom stereocenters. The maximum atomic E-state index is 12.1. The molecule has 2 aromatic rings. The van der Waals surface area contributed by atoms with Crippen molar-refractivity contribution in [2.75, 3.05) is 0 Å². The van der Waals surface area contributed by atoms with Gasteiger partial charge in [0.1, 0.15) is 4.47 Å². The fraction of sp³-hybridized carbons (Fsp3) is 0.364. The van der Waals surface area contributed by atoms with Crippen LogP contribution in [0.5, 0.6) is 0 Å². The van der Waals surface area contributed by atoms with Crippen LogP contribution in [0.1, 0.15) is 18.3 Å². The molecule has 0 N–H and O–H groups in total. The zero-order chi connectivity index (χ0) is 14.2. The molecular formula is C11H11Br2ClN4O. The Bertz CT molecular complexity index is 680. The van der Waals surface area contributed by atoms with E-state index in [9.17, 15) is 4.79 Å². The molecule has 0 saturated carbocycles. The van der Waals surface area contributed by atoms with Gasteiger partial charge in [0, 0.05) is 6.54 Å². The third-order valence-corrected chi connectivity index (χ3v) is 4.97. The fourth-order valence-corrected chi connectivity index (χ4v) is 2.60. The van der Waals surface area contributed by atoms with Crippen LogP contribution in [0.4, 0.5) is 0 Å². The van der Waals surface area contributed by atoms with Crippen LogP contribution >= 0.6 is 43.5 Å². The molecule has 5 nitrogen and oxygen atoms in total. The van der Waals surface area contributed by atoms with Crippen LogP contribution in [0.15, 0.2) is 20.1 Å². The van der Waals surface area contributed by atoms with Crippen molar-refractivity contribution in [3.05, 3.63) is 42.2 Å². The van der Waals surface area contributed by atoms with Crippen LogP contribution in [0.25, 0.3) is 0 Å². The van der Waals surface area contributed by atoms with Gasteiger partial charge < -0.3 is 0 Å². The Balaban J connectivity index is 2.48. The van der Waals surface area contributed by atoms with Gasteiger partial charge in [0.25, 0.3) is 5.56 Å². The first-order chi connectivity index (χ1) is 8.95. The van der Waals surface area contributed by atoms with Crippen molar-refractivity contribution < 1.29 is 0 Å². The van der Waals surface area contributed by atoms with E-state index in [4.69, 9.17) is 11.6 Å². The molecule has 2 rings (SSSR count). The van der Waals surface area contributed by atoms with Gasteiger partial charge in [-0.1, -0.05) is 11.6 Å². The normalized spacial score (nSPS) is 11.0. The molecule has 2 heterocycles. The summed E-state index contributed by atoms with van der Waals surface area (Å²) in [6, 6.07) is 0. The standard InChI is InChI=1S/C11H11Br2ClN4O/c1-3-18-7(8(12)6(2)16-18)4-17-5-15-10(14)9(13)11(17)19/h5H,3-4H2,1-2H3. The second-order valence-electron chi connectivity index (χ2n) is 3.94. The van der Waals surface area contributed by atoms with Crippen LogP contribution in [0, 0.1) is 6.92 Å². The zero-order valence-electron chi connectivity index (χ0n) is 10.3. The number of halogens is 3. The maximum Gasteiger partial charge on any atom is 0.269 e. The molecule has 0 aliphatic heterocycles. The molecule has 0 saturated heterocycles. The molecule has 0 aliphatic carbocycles. The lowest BCUT2D eigenvalue weighted by Gasteiger charge is -2.08. The van der Waals surface area contributed by atoms with Crippen molar-refractivity contribution in [3.8, 4) is 0 Å². The second-order valence-corrected chi connectivity index (χ2v) is 5.89. The van der Waals surface area contributed by atoms with E-state index in [-0.39, 0.29) is 15.2 Å². The zero-order valence-corrected chi connectivity index (χ0v) is 14.3. The first-order valence-electron chi connectivity index (χ1n) is 5.58. The van der Waals surface area contributed by atoms with Crippen LogP contribution in [0.2, 0.25) is 5.15 Å². The predicted molar refractivity (Wildman–Crippen MR) is 80.6 cm³/mol. The first-order valence-corrected chi connectivity index (χ1v) is 7.54. The molecule has 8 heteroatoms. The largest absolute Gasteiger partial charge is 0.292 e. The first kappa shape index (κ1) is 14.7. The highest BCUT2D eigenvalue weighted by Gasteiger charge is 2.14. The smallest absolute Gasteiger partial charge is 0.269 e. The average Bonchev–Trinajstić information content (AvgIpc) is 2.66. The molecule has 0 radical (unpaired) electrons. The molecule has 2 aromatic heterocycles. The summed E-state index contributed by atoms with van der Waals surface area (Å²) >= 11 is 12.4. The lowest BCUT2D eigenvalue weighted by atomic mass is 10.3. The highest BCUT2D eigenvalue weighted by molar-refractivity contribution is 9.10. The summed E-state index contributed by atoms with van der Waals surface area (Å²) in [7, 11) is 0. The van der Waals surface area contributed by atoms with Crippen LogP contribution < -0.4 is 5.56 Å². The molecule has 102 valence electrons. The summed E-state index contributed by atoms with van der Waals surface area (Å²) in [6.07, 6.45) is 1.43. The van der Waals surface area contributed by atoms with Crippen LogP contribution in [-0.4, -0.2) is 19.3 Å². The lowest BCUT2D eigenvalue weighted by Crippen LogP contribution is -2.23. The molecule has 0 fully saturated rings. The summed E-state index contributed by atoms with van der Waals surface area (Å²) in [5.41, 5.74) is 1.61. The van der Waals surface area contributed by atoms with Gasteiger partial charge in [-0.2, -0.15) is 5.10 Å². The topological polar surface area (TPSA) is 52.7 Å². The molecule has 0 aromatic carbocycles. The van der Waals surface area contributed by atoms with Crippen molar-refractivity contribution in [2.45, 2.75) is 26.9 Å². The summed E-state index contributed by atoms with van der Waals surface area (Å²) in [5, 5.41) is 4.56. The monoisotopic (exact) mass is 408 g/mol. The Morgan fingerprint density at radius 3 is 2.68 bits per heavy atom. The van der Waals surface area contributed by atoms with Gasteiger partial charge in [0.05, 0.1) is 28.7 Å². The Hall–Kier alpha value is -0.660. The van der Waals surface area contributed by atoms with Gasteiger partial charge in [-0.05, 0) is 45.7 Å². The van der Waals surface area contributed by atoms with Crippen molar-refractivity contribution in [3.63, 3.8) is 0 Å². The van der Waals surface area contributed by atoms with E-state index < -0.39 is 0 Å². The Morgan fingerprint density at radius 1 is 1.37 bits per heavy atom. The van der Waals surface area contributed by atoms with E-state index in [0.717, 1.165) is 22.4 Å². The molecule has 0 unspecified atom stereocenters. The van der Waals surface area contributed by atoms with Crippen LogP contribution in [0.3, 0.4) is 0 Å². The summed E-state index contributed by atoms with van der Waals surface area (Å²) in [4.78, 5) is 16.0. The Morgan fingerprint density at radius 2 is 2.05 bits per heavy atom. The number of hydrogen-bond acceptors (Lipinski definition) is 3. The van der Waals surface area contributed by atoms with Crippen molar-refractivity contribution in [2.24, 2.45) is 0 Å². The minimum atomic E-state index is -0.214. The SMILES string of the molecule is CCn1nc(C)c(Br)c1Cn1cnc(Cl)c(Br)c1=O. The third kappa shape index (κ3) is 2.78. The summed E-state index contributed by atoms with van der Waals surface area (Å²) in [5.74, 6) is 0. The summed E-state index contributed by atoms with van der Waals surface area (Å²) < 4.78 is 4.52. The minimum absolute atomic E-state index is 0.167. The van der Waals surface area contributed by atoms with Gasteiger partial charge in [-0.3, -0.25) is 14.0 Å². The van der Waals surface area contributed by atoms with E-state index in [1.165, 1.54) is 10.9 Å². The summed E-state index contributed by atoms with van der Waals surface area (Å²) in [6.45, 7) is 5.04. The van der Waals surface area contributed by atoms with Gasteiger partial charge in [-0.15, -0.1) is 0 Å². The van der Waals surface area contributed by atoms with E-state index in [1.807, 2.05) is 18.5 Å². The predicted octanol–water partition coefficient (Wildman–Crippen LogP) is 2.99. The van der Waals surface area contributed by atoms with E-state index in [1.54, 1.807) is 0 Å². The highest BCUT2D eigenvalue weighted by Crippen LogP contribution is 2.22. The average molecular weight is 410 g/mol. The highest BCUT2D eigenvalue weighted by atomic mass is 79.9. The fourth-order valence-electron chi connectivity index (χ4n) is 1.74. The van der Waals surface area contributed by atoms with Gasteiger partial charge in [0.2, 0.25) is 0 Å². The third-order valence-electron chi connectivity index (χ3n) is 2.71. The molecule has 0 amide bonds. The molecule has 0 bridgehead atoms. The number of rotatable bonds is 3. The number of hydrogen-bond donors (Lipinski definition) is 0. The van der Waals surface area contributed by atoms with E-state index >= 15 is 0 Å². The Kier molecular flexibility index (Phi) is 4.47. The molecule has 0 spiro atoms. The number of aromatic nitrogens is 4. The van der Waals surface area contributed by atoms with Crippen molar-refractivity contribution in [1.29, 1.82) is 0 Å². The van der Waals surface area contributed by atoms with Crippen molar-refractivity contribution >= 4 is 43.5 Å². The maximum absolute atomic E-state index is 12.1. The number of nitrogens with zero attached hydrogens (tertiary/aromatic N) is 4.